The number of nitrogens with zero attached hydrogens (tertiary/aromatic N) is 1. The topological polar surface area (TPSA) is 77.1 Å². The van der Waals surface area contributed by atoms with Crippen molar-refractivity contribution in [3.05, 3.63) is 54.1 Å². The third-order valence-electron chi connectivity index (χ3n) is 4.78. The summed E-state index contributed by atoms with van der Waals surface area (Å²) >= 11 is 0. The molecule has 1 unspecified atom stereocenters. The molecule has 0 saturated carbocycles. The van der Waals surface area contributed by atoms with Crippen molar-refractivity contribution >= 4 is 11.8 Å². The predicted octanol–water partition coefficient (Wildman–Crippen LogP) is 3.39. The molecule has 168 valence electrons. The van der Waals surface area contributed by atoms with Gasteiger partial charge in [-0.3, -0.25) is 9.59 Å². The first-order valence-electron chi connectivity index (χ1n) is 10.4. The van der Waals surface area contributed by atoms with Crippen LogP contribution in [0.4, 0.5) is 0 Å². The van der Waals surface area contributed by atoms with E-state index in [-0.39, 0.29) is 17.7 Å². The van der Waals surface area contributed by atoms with E-state index in [2.05, 4.69) is 5.32 Å². The number of ether oxygens (including phenoxy) is 3. The second kappa shape index (κ2) is 11.8. The molecule has 0 aliphatic rings. The molecule has 1 atom stereocenters. The fourth-order valence-electron chi connectivity index (χ4n) is 2.99. The van der Waals surface area contributed by atoms with Gasteiger partial charge in [0.05, 0.1) is 20.3 Å². The lowest BCUT2D eigenvalue weighted by Crippen LogP contribution is -2.50. The number of benzene rings is 2. The molecular weight excluding hydrogens is 396 g/mol. The van der Waals surface area contributed by atoms with Crippen molar-refractivity contribution in [2.45, 2.75) is 26.8 Å². The van der Waals surface area contributed by atoms with Gasteiger partial charge in [0.2, 0.25) is 5.91 Å². The van der Waals surface area contributed by atoms with E-state index in [0.717, 1.165) is 0 Å². The van der Waals surface area contributed by atoms with E-state index >= 15 is 0 Å². The Bertz CT molecular complexity index is 851. The molecular formula is C24H32N2O5. The van der Waals surface area contributed by atoms with E-state index < -0.39 is 6.04 Å². The summed E-state index contributed by atoms with van der Waals surface area (Å²) in [6.07, 6.45) is 0. The molecule has 0 spiro atoms. The second-order valence-corrected chi connectivity index (χ2v) is 7.41. The van der Waals surface area contributed by atoms with Crippen LogP contribution in [0.2, 0.25) is 0 Å². The molecule has 7 nitrogen and oxygen atoms in total. The van der Waals surface area contributed by atoms with Crippen molar-refractivity contribution in [1.82, 2.24) is 10.2 Å². The predicted molar refractivity (Wildman–Crippen MR) is 120 cm³/mol. The number of rotatable bonds is 11. The average Bonchev–Trinajstić information content (AvgIpc) is 2.77. The standard InChI is InChI=1S/C24H32N2O5/c1-6-30-19-13-11-18(12-14-19)23(27)25-22(17(2)3)24(28)26(4)15-16-31-21-10-8-7-9-20(21)29-5/h7-14,17,22H,6,15-16H2,1-5H3,(H,25,27). The highest BCUT2D eigenvalue weighted by atomic mass is 16.5. The summed E-state index contributed by atoms with van der Waals surface area (Å²) in [6.45, 7) is 6.94. The number of likely N-dealkylation sites (N-methyl/N-ethyl adjacent to an activating group) is 1. The molecule has 2 aromatic rings. The van der Waals surface area contributed by atoms with Crippen LogP contribution in [0.25, 0.3) is 0 Å². The second-order valence-electron chi connectivity index (χ2n) is 7.41. The SMILES string of the molecule is CCOc1ccc(C(=O)NC(C(=O)N(C)CCOc2ccccc2OC)C(C)C)cc1. The van der Waals surface area contributed by atoms with E-state index in [1.807, 2.05) is 45.0 Å². The Hall–Kier alpha value is -3.22. The van der Waals surface area contributed by atoms with Gasteiger partial charge in [0.25, 0.3) is 5.91 Å². The number of amides is 2. The lowest BCUT2D eigenvalue weighted by Gasteiger charge is -2.27. The number of hydrogen-bond donors (Lipinski definition) is 1. The third kappa shape index (κ3) is 6.91. The summed E-state index contributed by atoms with van der Waals surface area (Å²) < 4.78 is 16.4. The molecule has 2 rings (SSSR count). The number of hydrogen-bond acceptors (Lipinski definition) is 5. The Morgan fingerprint density at radius 1 is 1.00 bits per heavy atom. The summed E-state index contributed by atoms with van der Waals surface area (Å²) in [6, 6.07) is 13.6. The average molecular weight is 429 g/mol. The minimum absolute atomic E-state index is 0.0725. The zero-order valence-electron chi connectivity index (χ0n) is 18.9. The molecule has 0 aromatic heterocycles. The molecule has 0 heterocycles. The molecule has 7 heteroatoms. The van der Waals surface area contributed by atoms with Crippen LogP contribution in [0, 0.1) is 5.92 Å². The number of carbonyl (C=O) groups is 2. The molecule has 0 bridgehead atoms. The van der Waals surface area contributed by atoms with Crippen LogP contribution < -0.4 is 19.5 Å². The normalized spacial score (nSPS) is 11.5. The quantitative estimate of drug-likeness (QED) is 0.594. The van der Waals surface area contributed by atoms with E-state index in [9.17, 15) is 9.59 Å². The van der Waals surface area contributed by atoms with E-state index in [0.29, 0.717) is 42.6 Å². The van der Waals surface area contributed by atoms with Gasteiger partial charge in [0.1, 0.15) is 18.4 Å². The van der Waals surface area contributed by atoms with Crippen molar-refractivity contribution in [3.63, 3.8) is 0 Å². The molecule has 0 aliphatic heterocycles. The van der Waals surface area contributed by atoms with Crippen LogP contribution in [-0.2, 0) is 4.79 Å². The summed E-state index contributed by atoms with van der Waals surface area (Å²) in [5, 5.41) is 2.86. The van der Waals surface area contributed by atoms with Gasteiger partial charge in [-0.15, -0.1) is 0 Å². The lowest BCUT2D eigenvalue weighted by atomic mass is 10.0. The highest BCUT2D eigenvalue weighted by Gasteiger charge is 2.27. The van der Waals surface area contributed by atoms with E-state index in [4.69, 9.17) is 14.2 Å². The monoisotopic (exact) mass is 428 g/mol. The maximum absolute atomic E-state index is 13.0. The Morgan fingerprint density at radius 3 is 2.23 bits per heavy atom. The van der Waals surface area contributed by atoms with Gasteiger partial charge in [-0.05, 0) is 49.2 Å². The number of methoxy groups -OCH3 is 1. The van der Waals surface area contributed by atoms with Crippen LogP contribution >= 0.6 is 0 Å². The molecule has 1 N–H and O–H groups in total. The van der Waals surface area contributed by atoms with Gasteiger partial charge < -0.3 is 24.4 Å². The highest BCUT2D eigenvalue weighted by molar-refractivity contribution is 5.97. The fourth-order valence-corrected chi connectivity index (χ4v) is 2.99. The number of para-hydroxylation sites is 2. The van der Waals surface area contributed by atoms with Gasteiger partial charge in [-0.2, -0.15) is 0 Å². The maximum Gasteiger partial charge on any atom is 0.251 e. The van der Waals surface area contributed by atoms with Crippen LogP contribution in [0.1, 0.15) is 31.1 Å². The van der Waals surface area contributed by atoms with Crippen molar-refractivity contribution in [1.29, 1.82) is 0 Å². The van der Waals surface area contributed by atoms with E-state index in [1.165, 1.54) is 0 Å². The third-order valence-corrected chi connectivity index (χ3v) is 4.78. The van der Waals surface area contributed by atoms with Gasteiger partial charge in [0, 0.05) is 12.6 Å². The highest BCUT2D eigenvalue weighted by Crippen LogP contribution is 2.25. The Kier molecular flexibility index (Phi) is 9.18. The van der Waals surface area contributed by atoms with Crippen LogP contribution in [0.15, 0.2) is 48.5 Å². The van der Waals surface area contributed by atoms with Gasteiger partial charge in [-0.25, -0.2) is 0 Å². The fraction of sp³-hybridized carbons (Fsp3) is 0.417. The first-order chi connectivity index (χ1) is 14.9. The van der Waals surface area contributed by atoms with Crippen molar-refractivity contribution < 1.29 is 23.8 Å². The molecule has 0 fully saturated rings. The van der Waals surface area contributed by atoms with E-state index in [1.54, 1.807) is 43.3 Å². The largest absolute Gasteiger partial charge is 0.494 e. The minimum atomic E-state index is -0.643. The van der Waals surface area contributed by atoms with Gasteiger partial charge >= 0.3 is 0 Å². The smallest absolute Gasteiger partial charge is 0.251 e. The molecule has 31 heavy (non-hydrogen) atoms. The summed E-state index contributed by atoms with van der Waals surface area (Å²) in [7, 11) is 3.28. The first kappa shape index (κ1) is 24.1. The van der Waals surface area contributed by atoms with Gasteiger partial charge in [-0.1, -0.05) is 26.0 Å². The first-order valence-corrected chi connectivity index (χ1v) is 10.4. The zero-order chi connectivity index (χ0) is 22.8. The molecule has 2 amide bonds. The Morgan fingerprint density at radius 2 is 1.65 bits per heavy atom. The molecule has 0 saturated heterocycles. The Labute approximate surface area is 184 Å². The number of nitrogens with one attached hydrogen (secondary N) is 1. The van der Waals surface area contributed by atoms with Crippen molar-refractivity contribution in [3.8, 4) is 17.2 Å². The summed E-state index contributed by atoms with van der Waals surface area (Å²) in [5.41, 5.74) is 0.476. The van der Waals surface area contributed by atoms with Gasteiger partial charge in [0.15, 0.2) is 11.5 Å². The molecule has 0 radical (unpaired) electrons. The maximum atomic E-state index is 13.0. The molecule has 0 aliphatic carbocycles. The Balaban J connectivity index is 1.94. The van der Waals surface area contributed by atoms with Crippen LogP contribution in [-0.4, -0.2) is 56.7 Å². The summed E-state index contributed by atoms with van der Waals surface area (Å²) in [5.74, 6) is 1.42. The van der Waals surface area contributed by atoms with Crippen molar-refractivity contribution in [2.75, 3.05) is 33.9 Å². The minimum Gasteiger partial charge on any atom is -0.494 e. The van der Waals surface area contributed by atoms with Crippen LogP contribution in [0.3, 0.4) is 0 Å². The number of carbonyl (C=O) groups excluding carboxylic acids is 2. The van der Waals surface area contributed by atoms with Crippen molar-refractivity contribution in [2.24, 2.45) is 5.92 Å². The van der Waals surface area contributed by atoms with Crippen LogP contribution in [0.5, 0.6) is 17.2 Å². The lowest BCUT2D eigenvalue weighted by molar-refractivity contribution is -0.133. The summed E-state index contributed by atoms with van der Waals surface area (Å²) in [4.78, 5) is 27.2. The zero-order valence-corrected chi connectivity index (χ0v) is 18.9. The molecule has 2 aromatic carbocycles.